The number of benzene rings is 1. The van der Waals surface area contributed by atoms with E-state index in [1.54, 1.807) is 27.0 Å². The molecule has 9 N–H and O–H groups in total. The minimum absolute atomic E-state index is 0.162. The number of aromatic nitrogens is 1. The van der Waals surface area contributed by atoms with Gasteiger partial charge in [0.1, 0.15) is 18.1 Å². The Morgan fingerprint density at radius 2 is 1.62 bits per heavy atom. The van der Waals surface area contributed by atoms with Crippen molar-refractivity contribution >= 4 is 34.6 Å². The summed E-state index contributed by atoms with van der Waals surface area (Å²) in [4.78, 5) is 54.6. The molecule has 11 heteroatoms. The molecule has 5 atom stereocenters. The first-order valence-corrected chi connectivity index (χ1v) is 13.6. The molecule has 39 heavy (non-hydrogen) atoms. The number of nitrogens with one attached hydrogen (secondary N) is 4. The molecule has 0 bridgehead atoms. The quantitative estimate of drug-likeness (QED) is 0.155. The highest BCUT2D eigenvalue weighted by molar-refractivity contribution is 5.95. The fourth-order valence-corrected chi connectivity index (χ4v) is 4.36. The summed E-state index contributed by atoms with van der Waals surface area (Å²) < 4.78 is 0. The zero-order valence-electron chi connectivity index (χ0n) is 23.3. The third-order valence-corrected chi connectivity index (χ3v) is 7.06. The molecule has 2 rings (SSSR count). The number of para-hydroxylation sites is 1. The number of carboxylic acid groups (broad SMARTS) is 1. The fraction of sp³-hybridized carbons (Fsp3) is 0.571. The zero-order valence-corrected chi connectivity index (χ0v) is 23.3. The first kappa shape index (κ1) is 31.8. The molecule has 0 saturated carbocycles. The van der Waals surface area contributed by atoms with Gasteiger partial charge in [0.05, 0.1) is 6.04 Å². The first-order valence-electron chi connectivity index (χ1n) is 13.6. The van der Waals surface area contributed by atoms with Crippen LogP contribution in [0.15, 0.2) is 30.5 Å². The average molecular weight is 545 g/mol. The van der Waals surface area contributed by atoms with Gasteiger partial charge in [-0.25, -0.2) is 4.79 Å². The van der Waals surface area contributed by atoms with E-state index in [0.717, 1.165) is 22.9 Å². The van der Waals surface area contributed by atoms with Crippen LogP contribution in [0.2, 0.25) is 0 Å². The van der Waals surface area contributed by atoms with Crippen molar-refractivity contribution in [3.05, 3.63) is 36.0 Å². The highest BCUT2D eigenvalue weighted by Crippen LogP contribution is 2.20. The lowest BCUT2D eigenvalue weighted by molar-refractivity contribution is -0.144. The number of aliphatic carboxylic acids is 1. The first-order chi connectivity index (χ1) is 18.5. The number of unbranched alkanes of at least 4 members (excludes halogenated alkanes) is 1. The Kier molecular flexibility index (Phi) is 12.4. The van der Waals surface area contributed by atoms with Crippen molar-refractivity contribution in [1.82, 2.24) is 20.9 Å². The largest absolute Gasteiger partial charge is 0.480 e. The Bertz CT molecular complexity index is 1120. The number of nitrogens with two attached hydrogens (primary N) is 2. The van der Waals surface area contributed by atoms with E-state index < -0.39 is 47.9 Å². The lowest BCUT2D eigenvalue weighted by atomic mass is 9.95. The van der Waals surface area contributed by atoms with Crippen LogP contribution in [-0.4, -0.2) is 64.5 Å². The standard InChI is InChI=1S/C28H44N6O5/c1-5-17(4)24(27(37)33-23(16(2)3)28(38)39)34-26(36)22(32-25(35)20(30)11-8-9-13-29)14-18-15-31-21-12-7-6-10-19(18)21/h6-7,10,12,15-17,20,22-24,31H,5,8-9,11,13-14,29-30H2,1-4H3,(H,32,35)(H,33,37)(H,34,36)(H,38,39). The van der Waals surface area contributed by atoms with Crippen LogP contribution in [0.1, 0.15) is 58.9 Å². The van der Waals surface area contributed by atoms with Crippen LogP contribution < -0.4 is 27.4 Å². The maximum absolute atomic E-state index is 13.6. The number of hydrogen-bond donors (Lipinski definition) is 7. The van der Waals surface area contributed by atoms with Crippen LogP contribution in [0.3, 0.4) is 0 Å². The van der Waals surface area contributed by atoms with Crippen molar-refractivity contribution in [1.29, 1.82) is 0 Å². The summed E-state index contributed by atoms with van der Waals surface area (Å²) in [5, 5.41) is 18.6. The summed E-state index contributed by atoms with van der Waals surface area (Å²) in [5.74, 6) is -3.41. The summed E-state index contributed by atoms with van der Waals surface area (Å²) in [7, 11) is 0. The molecular weight excluding hydrogens is 500 g/mol. The SMILES string of the molecule is CCC(C)C(NC(=O)C(Cc1c[nH]c2ccccc12)NC(=O)C(N)CCCCN)C(=O)NC(C(=O)O)C(C)C. The molecule has 0 radical (unpaired) electrons. The minimum atomic E-state index is -1.15. The number of aromatic amines is 1. The molecule has 2 aromatic rings. The molecule has 0 fully saturated rings. The van der Waals surface area contributed by atoms with Crippen molar-refractivity contribution in [2.75, 3.05) is 6.54 Å². The van der Waals surface area contributed by atoms with Gasteiger partial charge in [0.25, 0.3) is 0 Å². The smallest absolute Gasteiger partial charge is 0.326 e. The van der Waals surface area contributed by atoms with Gasteiger partial charge in [-0.1, -0.05) is 58.7 Å². The van der Waals surface area contributed by atoms with Gasteiger partial charge >= 0.3 is 5.97 Å². The Morgan fingerprint density at radius 1 is 0.949 bits per heavy atom. The van der Waals surface area contributed by atoms with Crippen LogP contribution in [0.5, 0.6) is 0 Å². The van der Waals surface area contributed by atoms with E-state index >= 15 is 0 Å². The highest BCUT2D eigenvalue weighted by atomic mass is 16.4. The normalized spacial score (nSPS) is 15.3. The van der Waals surface area contributed by atoms with Crippen molar-refractivity contribution < 1.29 is 24.3 Å². The van der Waals surface area contributed by atoms with Gasteiger partial charge in [-0.05, 0) is 42.9 Å². The van der Waals surface area contributed by atoms with E-state index in [9.17, 15) is 24.3 Å². The van der Waals surface area contributed by atoms with Crippen LogP contribution >= 0.6 is 0 Å². The van der Waals surface area contributed by atoms with Crippen molar-refractivity contribution in [3.8, 4) is 0 Å². The molecule has 0 aliphatic rings. The molecule has 1 heterocycles. The molecular formula is C28H44N6O5. The average Bonchev–Trinajstić information content (AvgIpc) is 3.31. The predicted octanol–water partition coefficient (Wildman–Crippen LogP) is 1.41. The number of carboxylic acids is 1. The third-order valence-electron chi connectivity index (χ3n) is 7.06. The predicted molar refractivity (Wildman–Crippen MR) is 151 cm³/mol. The van der Waals surface area contributed by atoms with E-state index in [2.05, 4.69) is 20.9 Å². The van der Waals surface area contributed by atoms with E-state index in [4.69, 9.17) is 11.5 Å². The molecule has 1 aromatic heterocycles. The van der Waals surface area contributed by atoms with E-state index in [0.29, 0.717) is 25.8 Å². The molecule has 216 valence electrons. The molecule has 0 saturated heterocycles. The fourth-order valence-electron chi connectivity index (χ4n) is 4.36. The Morgan fingerprint density at radius 3 is 2.23 bits per heavy atom. The van der Waals surface area contributed by atoms with E-state index in [1.165, 1.54) is 0 Å². The number of H-pyrrole nitrogens is 1. The summed E-state index contributed by atoms with van der Waals surface area (Å²) in [6.45, 7) is 7.56. The number of carbonyl (C=O) groups is 4. The molecule has 0 spiro atoms. The number of fused-ring (bicyclic) bond motifs is 1. The van der Waals surface area contributed by atoms with Gasteiger partial charge in [0.15, 0.2) is 0 Å². The Hall–Kier alpha value is -3.44. The highest BCUT2D eigenvalue weighted by Gasteiger charge is 2.33. The maximum atomic E-state index is 13.6. The maximum Gasteiger partial charge on any atom is 0.326 e. The second-order valence-electron chi connectivity index (χ2n) is 10.5. The molecule has 0 aliphatic heterocycles. The topological polar surface area (TPSA) is 192 Å². The van der Waals surface area contributed by atoms with Gasteiger partial charge in [-0.3, -0.25) is 14.4 Å². The lowest BCUT2D eigenvalue weighted by Crippen LogP contribution is -2.59. The third kappa shape index (κ3) is 9.07. The van der Waals surface area contributed by atoms with Crippen molar-refractivity contribution in [2.24, 2.45) is 23.3 Å². The van der Waals surface area contributed by atoms with E-state index in [-0.39, 0.29) is 18.3 Å². The zero-order chi connectivity index (χ0) is 29.1. The van der Waals surface area contributed by atoms with Crippen LogP contribution in [0, 0.1) is 11.8 Å². The molecule has 1 aromatic carbocycles. The molecule has 3 amide bonds. The monoisotopic (exact) mass is 544 g/mol. The van der Waals surface area contributed by atoms with E-state index in [1.807, 2.05) is 31.2 Å². The molecule has 11 nitrogen and oxygen atoms in total. The van der Waals surface area contributed by atoms with Crippen molar-refractivity contribution in [2.45, 2.75) is 84.0 Å². The Labute approximate surface area is 229 Å². The van der Waals surface area contributed by atoms with Gasteiger partial charge in [0.2, 0.25) is 17.7 Å². The number of hydrogen-bond acceptors (Lipinski definition) is 6. The van der Waals surface area contributed by atoms with Crippen molar-refractivity contribution in [3.63, 3.8) is 0 Å². The molecule has 5 unspecified atom stereocenters. The summed E-state index contributed by atoms with van der Waals surface area (Å²) in [5.41, 5.74) is 13.3. The number of amides is 3. The summed E-state index contributed by atoms with van der Waals surface area (Å²) in [6, 6.07) is 3.69. The lowest BCUT2D eigenvalue weighted by Gasteiger charge is -2.29. The van der Waals surface area contributed by atoms with Gasteiger partial charge in [-0.15, -0.1) is 0 Å². The van der Waals surface area contributed by atoms with Crippen LogP contribution in [0.4, 0.5) is 0 Å². The number of carbonyl (C=O) groups excluding carboxylic acids is 3. The van der Waals surface area contributed by atoms with Gasteiger partial charge in [-0.2, -0.15) is 0 Å². The molecule has 0 aliphatic carbocycles. The summed E-state index contributed by atoms with van der Waals surface area (Å²) >= 11 is 0. The summed E-state index contributed by atoms with van der Waals surface area (Å²) in [6.07, 6.45) is 4.35. The van der Waals surface area contributed by atoms with Crippen LogP contribution in [0.25, 0.3) is 10.9 Å². The second-order valence-corrected chi connectivity index (χ2v) is 10.5. The Balaban J connectivity index is 2.30. The second kappa shape index (κ2) is 15.2. The van der Waals surface area contributed by atoms with Gasteiger partial charge < -0.3 is 37.5 Å². The minimum Gasteiger partial charge on any atom is -0.480 e. The number of rotatable bonds is 16. The van der Waals surface area contributed by atoms with Gasteiger partial charge in [0, 0.05) is 23.5 Å². The van der Waals surface area contributed by atoms with Crippen LogP contribution in [-0.2, 0) is 25.6 Å².